The number of fused-ring (bicyclic) bond motifs is 1. The molecule has 4 heterocycles. The second-order valence-electron chi connectivity index (χ2n) is 6.46. The predicted octanol–water partition coefficient (Wildman–Crippen LogP) is 2.62. The molecule has 3 aromatic rings. The number of ether oxygens (including phenoxy) is 1. The van der Waals surface area contributed by atoms with Crippen LogP contribution in [0.25, 0.3) is 5.65 Å². The first-order valence-electron chi connectivity index (χ1n) is 8.47. The van der Waals surface area contributed by atoms with Crippen LogP contribution in [-0.2, 0) is 6.54 Å². The van der Waals surface area contributed by atoms with Crippen LogP contribution in [-0.4, -0.2) is 43.4 Å². The van der Waals surface area contributed by atoms with Gasteiger partial charge in [-0.25, -0.2) is 19.3 Å². The van der Waals surface area contributed by atoms with Crippen molar-refractivity contribution in [2.75, 3.05) is 13.1 Å². The molecule has 1 saturated heterocycles. The Kier molecular flexibility index (Phi) is 4.31. The number of hydrogen-bond acceptors (Lipinski definition) is 5. The van der Waals surface area contributed by atoms with Crippen LogP contribution in [0.2, 0.25) is 0 Å². The molecule has 0 saturated carbocycles. The van der Waals surface area contributed by atoms with Gasteiger partial charge in [-0.3, -0.25) is 4.90 Å². The molecule has 1 fully saturated rings. The normalized spacial score (nSPS) is 16.4. The quantitative estimate of drug-likeness (QED) is 0.730. The molecule has 0 aromatic carbocycles. The first-order chi connectivity index (χ1) is 12.2. The Morgan fingerprint density at radius 3 is 2.72 bits per heavy atom. The Hall–Kier alpha value is -2.54. The fourth-order valence-electron chi connectivity index (χ4n) is 3.11. The molecule has 0 N–H and O–H groups in total. The summed E-state index contributed by atoms with van der Waals surface area (Å²) in [6, 6.07) is 3.56. The highest BCUT2D eigenvalue weighted by atomic mass is 19.1. The second-order valence-corrected chi connectivity index (χ2v) is 6.46. The summed E-state index contributed by atoms with van der Waals surface area (Å²) < 4.78 is 21.3. The highest BCUT2D eigenvalue weighted by Crippen LogP contribution is 2.18. The van der Waals surface area contributed by atoms with Gasteiger partial charge in [0, 0.05) is 44.4 Å². The molecular weight excluding hydrogens is 321 g/mol. The maximum Gasteiger partial charge on any atom is 0.316 e. The van der Waals surface area contributed by atoms with Gasteiger partial charge in [0.1, 0.15) is 6.10 Å². The number of pyridine rings is 1. The first-order valence-corrected chi connectivity index (χ1v) is 8.47. The highest BCUT2D eigenvalue weighted by Gasteiger charge is 2.22. The van der Waals surface area contributed by atoms with E-state index in [9.17, 15) is 4.39 Å². The smallest absolute Gasteiger partial charge is 0.316 e. The minimum absolute atomic E-state index is 0.137. The van der Waals surface area contributed by atoms with Crippen LogP contribution in [0.5, 0.6) is 6.01 Å². The molecule has 0 amide bonds. The molecule has 0 bridgehead atoms. The zero-order valence-electron chi connectivity index (χ0n) is 14.1. The zero-order valence-corrected chi connectivity index (χ0v) is 14.1. The fourth-order valence-corrected chi connectivity index (χ4v) is 3.11. The Morgan fingerprint density at radius 2 is 2.00 bits per heavy atom. The molecule has 4 rings (SSSR count). The van der Waals surface area contributed by atoms with Gasteiger partial charge in [0.15, 0.2) is 11.5 Å². The lowest BCUT2D eigenvalue weighted by Gasteiger charge is -2.31. The van der Waals surface area contributed by atoms with Gasteiger partial charge in [0.25, 0.3) is 0 Å². The number of likely N-dealkylation sites (tertiary alicyclic amines) is 1. The molecule has 0 radical (unpaired) electrons. The van der Waals surface area contributed by atoms with E-state index >= 15 is 0 Å². The molecule has 0 unspecified atom stereocenters. The van der Waals surface area contributed by atoms with Crippen LogP contribution in [0, 0.1) is 12.7 Å². The van der Waals surface area contributed by atoms with E-state index in [1.54, 1.807) is 22.9 Å². The lowest BCUT2D eigenvalue weighted by molar-refractivity contribution is 0.0886. The summed E-state index contributed by atoms with van der Waals surface area (Å²) in [4.78, 5) is 15.1. The predicted molar refractivity (Wildman–Crippen MR) is 90.8 cm³/mol. The third-order valence-electron chi connectivity index (χ3n) is 4.43. The van der Waals surface area contributed by atoms with Crippen molar-refractivity contribution < 1.29 is 9.13 Å². The number of nitrogens with zero attached hydrogens (tertiary/aromatic N) is 5. The first kappa shape index (κ1) is 16.0. The van der Waals surface area contributed by atoms with Crippen molar-refractivity contribution in [1.82, 2.24) is 24.3 Å². The van der Waals surface area contributed by atoms with E-state index in [0.717, 1.165) is 43.7 Å². The summed E-state index contributed by atoms with van der Waals surface area (Å²) >= 11 is 0. The Labute approximate surface area is 145 Å². The maximum atomic E-state index is 13.7. The fraction of sp³-hybridized carbons (Fsp3) is 0.389. The lowest BCUT2D eigenvalue weighted by Crippen LogP contribution is -2.38. The second kappa shape index (κ2) is 6.76. The van der Waals surface area contributed by atoms with Gasteiger partial charge < -0.3 is 9.14 Å². The topological polar surface area (TPSA) is 55.5 Å². The van der Waals surface area contributed by atoms with Crippen molar-refractivity contribution in [1.29, 1.82) is 0 Å². The van der Waals surface area contributed by atoms with Crippen LogP contribution < -0.4 is 4.74 Å². The number of rotatable bonds is 4. The summed E-state index contributed by atoms with van der Waals surface area (Å²) in [6.45, 7) is 4.49. The summed E-state index contributed by atoms with van der Waals surface area (Å²) in [5, 5.41) is 0. The monoisotopic (exact) mass is 341 g/mol. The van der Waals surface area contributed by atoms with Gasteiger partial charge >= 0.3 is 6.01 Å². The Morgan fingerprint density at radius 1 is 1.24 bits per heavy atom. The molecule has 1 aliphatic heterocycles. The Balaban J connectivity index is 1.33. The maximum absolute atomic E-state index is 13.7. The van der Waals surface area contributed by atoms with Crippen molar-refractivity contribution in [3.63, 3.8) is 0 Å². The number of aromatic nitrogens is 4. The summed E-state index contributed by atoms with van der Waals surface area (Å²) in [7, 11) is 0. The molecule has 7 heteroatoms. The number of aryl methyl sites for hydroxylation is 1. The van der Waals surface area contributed by atoms with Crippen LogP contribution in [0.4, 0.5) is 4.39 Å². The average Bonchev–Trinajstić information content (AvgIpc) is 3.03. The van der Waals surface area contributed by atoms with Crippen LogP contribution in [0.15, 0.2) is 36.9 Å². The van der Waals surface area contributed by atoms with Crippen molar-refractivity contribution in [3.8, 4) is 6.01 Å². The summed E-state index contributed by atoms with van der Waals surface area (Å²) in [5.41, 5.74) is 2.28. The minimum Gasteiger partial charge on any atom is -0.460 e. The molecule has 0 aliphatic carbocycles. The Bertz CT molecular complexity index is 856. The van der Waals surface area contributed by atoms with Crippen molar-refractivity contribution >= 4 is 5.65 Å². The zero-order chi connectivity index (χ0) is 17.2. The van der Waals surface area contributed by atoms with Gasteiger partial charge in [-0.1, -0.05) is 0 Å². The van der Waals surface area contributed by atoms with Crippen LogP contribution >= 0.6 is 0 Å². The van der Waals surface area contributed by atoms with Crippen LogP contribution in [0.1, 0.15) is 24.1 Å². The molecule has 0 atom stereocenters. The van der Waals surface area contributed by atoms with E-state index in [0.29, 0.717) is 11.7 Å². The van der Waals surface area contributed by atoms with Gasteiger partial charge in [-0.2, -0.15) is 0 Å². The van der Waals surface area contributed by atoms with E-state index in [2.05, 4.69) is 19.9 Å². The molecular formula is C18H20FN5O. The molecule has 0 spiro atoms. The van der Waals surface area contributed by atoms with Gasteiger partial charge in [0.2, 0.25) is 0 Å². The summed E-state index contributed by atoms with van der Waals surface area (Å²) in [6.07, 6.45) is 9.20. The third kappa shape index (κ3) is 3.61. The lowest BCUT2D eigenvalue weighted by atomic mass is 10.1. The highest BCUT2D eigenvalue weighted by molar-refractivity contribution is 5.41. The molecule has 1 aliphatic rings. The number of imidazole rings is 1. The van der Waals surface area contributed by atoms with Gasteiger partial charge in [-0.05, 0) is 37.5 Å². The van der Waals surface area contributed by atoms with Crippen molar-refractivity contribution in [3.05, 3.63) is 54.0 Å². The molecule has 6 nitrogen and oxygen atoms in total. The van der Waals surface area contributed by atoms with Crippen molar-refractivity contribution in [2.45, 2.75) is 32.4 Å². The van der Waals surface area contributed by atoms with E-state index in [4.69, 9.17) is 4.74 Å². The number of halogens is 1. The van der Waals surface area contributed by atoms with E-state index < -0.39 is 0 Å². The SMILES string of the molecule is Cc1cnc(OC2CCN(Cc3cn4cccc(F)c4n3)CC2)nc1. The van der Waals surface area contributed by atoms with Crippen molar-refractivity contribution in [2.24, 2.45) is 0 Å². The molecule has 130 valence electrons. The average molecular weight is 341 g/mol. The summed E-state index contributed by atoms with van der Waals surface area (Å²) in [5.74, 6) is -0.293. The van der Waals surface area contributed by atoms with E-state index in [1.165, 1.54) is 6.07 Å². The van der Waals surface area contributed by atoms with Gasteiger partial charge in [0.05, 0.1) is 5.69 Å². The third-order valence-corrected chi connectivity index (χ3v) is 4.43. The van der Waals surface area contributed by atoms with E-state index in [-0.39, 0.29) is 11.9 Å². The van der Waals surface area contributed by atoms with Crippen LogP contribution in [0.3, 0.4) is 0 Å². The standard InChI is InChI=1S/C18H20FN5O/c1-13-9-20-18(21-10-13)25-15-4-7-23(8-5-15)11-14-12-24-6-2-3-16(19)17(24)22-14/h2-3,6,9-10,12,15H,4-5,7-8,11H2,1H3. The number of hydrogen-bond donors (Lipinski definition) is 0. The van der Waals surface area contributed by atoms with Gasteiger partial charge in [-0.15, -0.1) is 0 Å². The minimum atomic E-state index is -0.293. The largest absolute Gasteiger partial charge is 0.460 e. The number of piperidine rings is 1. The molecule has 25 heavy (non-hydrogen) atoms. The van der Waals surface area contributed by atoms with E-state index in [1.807, 2.05) is 19.3 Å². The molecule has 3 aromatic heterocycles.